The molecule has 1 aromatic heterocycles. The smallest absolute Gasteiger partial charge is 0.159 e. The molecule has 0 fully saturated rings. The van der Waals surface area contributed by atoms with Gasteiger partial charge in [-0.2, -0.15) is 0 Å². The highest BCUT2D eigenvalue weighted by Crippen LogP contribution is 2.39. The zero-order chi connectivity index (χ0) is 36.6. The summed E-state index contributed by atoms with van der Waals surface area (Å²) in [5.74, 6) is 1.79. The van der Waals surface area contributed by atoms with Crippen molar-refractivity contribution < 1.29 is 0 Å². The quantitative estimate of drug-likeness (QED) is 0.168. The predicted molar refractivity (Wildman–Crippen MR) is 228 cm³/mol. The van der Waals surface area contributed by atoms with Crippen molar-refractivity contribution >= 4 is 33.3 Å². The van der Waals surface area contributed by atoms with Gasteiger partial charge in [0.15, 0.2) is 5.84 Å². The maximum absolute atomic E-state index is 5.30. The van der Waals surface area contributed by atoms with Crippen LogP contribution in [0.3, 0.4) is 0 Å². The van der Waals surface area contributed by atoms with E-state index in [1.54, 1.807) is 0 Å². The molecule has 2 aliphatic carbocycles. The first-order valence-corrected chi connectivity index (χ1v) is 19.0. The number of hydrogen-bond acceptors (Lipinski definition) is 4. The zero-order valence-electron chi connectivity index (χ0n) is 30.3. The fourth-order valence-electron chi connectivity index (χ4n) is 8.11. The molecule has 262 valence electrons. The van der Waals surface area contributed by atoms with E-state index in [2.05, 4.69) is 181 Å². The lowest BCUT2D eigenvalue weighted by Gasteiger charge is -2.30. The van der Waals surface area contributed by atoms with E-state index >= 15 is 0 Å². The molecule has 1 aliphatic heterocycles. The summed E-state index contributed by atoms with van der Waals surface area (Å²) in [6.45, 7) is 0. The average Bonchev–Trinajstić information content (AvgIpc) is 3.82. The van der Waals surface area contributed by atoms with Crippen LogP contribution in [0.1, 0.15) is 35.4 Å². The maximum Gasteiger partial charge on any atom is 0.159 e. The Labute approximate surface area is 321 Å². The molecule has 2 unspecified atom stereocenters. The summed E-state index contributed by atoms with van der Waals surface area (Å²) in [5, 5.41) is 7.24. The van der Waals surface area contributed by atoms with E-state index in [-0.39, 0.29) is 12.1 Å². The van der Waals surface area contributed by atoms with E-state index in [4.69, 9.17) is 15.0 Å². The molecule has 0 saturated carbocycles. The first-order chi connectivity index (χ1) is 27.2. The Bertz CT molecular complexity index is 2760. The molecule has 0 spiro atoms. The summed E-state index contributed by atoms with van der Waals surface area (Å²) in [5.41, 5.74) is 12.5. The first kappa shape index (κ1) is 32.7. The number of nitrogens with one attached hydrogen (secondary N) is 1. The third-order valence-electron chi connectivity index (χ3n) is 10.9. The van der Waals surface area contributed by atoms with E-state index in [9.17, 15) is 0 Å². The molecule has 7 aromatic rings. The van der Waals surface area contributed by atoms with Gasteiger partial charge in [0.25, 0.3) is 0 Å². The average molecular weight is 707 g/mol. The number of nitrogens with zero attached hydrogens (tertiary/aromatic N) is 3. The van der Waals surface area contributed by atoms with Gasteiger partial charge in [0.05, 0.1) is 11.2 Å². The number of fused-ring (bicyclic) bond motifs is 3. The number of aromatic nitrogens is 1. The van der Waals surface area contributed by atoms with Gasteiger partial charge in [-0.05, 0) is 75.2 Å². The van der Waals surface area contributed by atoms with Crippen LogP contribution >= 0.6 is 0 Å². The van der Waals surface area contributed by atoms with E-state index in [0.29, 0.717) is 0 Å². The fraction of sp³-hybridized carbons (Fsp3) is 0.0784. The standard InChI is InChI=1S/C51H38N4/c1-5-15-34(16-6-1)41-30-42(35-17-13-14-18-35)32-43(31-41)51-54-49(38-23-11-4-12-24-38)53-50(55-51)40-25-27-44-39(29-40)26-28-46-48(44)45(36-19-7-2-8-20-36)33-47(52-46)37-21-9-3-10-22-37/h1-13,15-30,32-33,41,51H,14,31H2,(H,53,54,55). The van der Waals surface area contributed by atoms with Crippen LogP contribution in [0.4, 0.5) is 0 Å². The minimum atomic E-state index is -0.277. The van der Waals surface area contributed by atoms with Crippen LogP contribution in [0.15, 0.2) is 215 Å². The van der Waals surface area contributed by atoms with Gasteiger partial charge in [0.2, 0.25) is 0 Å². The van der Waals surface area contributed by atoms with Crippen LogP contribution < -0.4 is 5.32 Å². The molecule has 0 saturated heterocycles. The Morgan fingerprint density at radius 3 is 2.05 bits per heavy atom. The van der Waals surface area contributed by atoms with Crippen molar-refractivity contribution in [2.45, 2.75) is 24.9 Å². The van der Waals surface area contributed by atoms with E-state index in [0.717, 1.165) is 68.6 Å². The minimum Gasteiger partial charge on any atom is -0.344 e. The van der Waals surface area contributed by atoms with Crippen LogP contribution in [0.5, 0.6) is 0 Å². The molecule has 4 heteroatoms. The maximum atomic E-state index is 5.30. The van der Waals surface area contributed by atoms with Gasteiger partial charge in [-0.1, -0.05) is 170 Å². The number of benzene rings is 6. The molecule has 1 N–H and O–H groups in total. The number of rotatable bonds is 7. The summed E-state index contributed by atoms with van der Waals surface area (Å²) in [4.78, 5) is 15.7. The van der Waals surface area contributed by atoms with Crippen LogP contribution in [-0.4, -0.2) is 22.8 Å². The molecule has 6 aromatic carbocycles. The Morgan fingerprint density at radius 2 is 1.33 bits per heavy atom. The molecule has 2 heterocycles. The molecular weight excluding hydrogens is 669 g/mol. The minimum absolute atomic E-state index is 0.245. The molecule has 0 amide bonds. The van der Waals surface area contributed by atoms with Crippen LogP contribution in [0, 0.1) is 0 Å². The largest absolute Gasteiger partial charge is 0.344 e. The highest BCUT2D eigenvalue weighted by atomic mass is 15.2. The molecule has 55 heavy (non-hydrogen) atoms. The van der Waals surface area contributed by atoms with Gasteiger partial charge in [-0.25, -0.2) is 15.0 Å². The second-order valence-corrected chi connectivity index (χ2v) is 14.4. The molecule has 0 radical (unpaired) electrons. The van der Waals surface area contributed by atoms with Crippen molar-refractivity contribution in [1.29, 1.82) is 0 Å². The van der Waals surface area contributed by atoms with Gasteiger partial charge in [0.1, 0.15) is 12.0 Å². The predicted octanol–water partition coefficient (Wildman–Crippen LogP) is 11.8. The van der Waals surface area contributed by atoms with Gasteiger partial charge in [0, 0.05) is 28.0 Å². The summed E-state index contributed by atoms with van der Waals surface area (Å²) in [6.07, 6.45) is 13.1. The van der Waals surface area contributed by atoms with Crippen LogP contribution in [0.25, 0.3) is 44.1 Å². The molecule has 0 bridgehead atoms. The molecule has 10 rings (SSSR count). The lowest BCUT2D eigenvalue weighted by Crippen LogP contribution is -2.40. The third-order valence-corrected chi connectivity index (χ3v) is 10.9. The SMILES string of the molecule is C1=CC(C2=CC(c3ccccc3)CC(C3N=C(c4ccccc4)N=C(c4ccc5c(ccc6nc(-c7ccccc7)cc(-c7ccccc7)c65)c4)N3)=C2)=CC1. The highest BCUT2D eigenvalue weighted by molar-refractivity contribution is 6.17. The number of aliphatic imine (C=N–C) groups is 2. The van der Waals surface area contributed by atoms with Gasteiger partial charge in [-0.15, -0.1) is 0 Å². The topological polar surface area (TPSA) is 49.6 Å². The van der Waals surface area contributed by atoms with Crippen LogP contribution in [0.2, 0.25) is 0 Å². The lowest BCUT2D eigenvalue weighted by atomic mass is 9.82. The molecule has 3 aliphatic rings. The lowest BCUT2D eigenvalue weighted by molar-refractivity contribution is 0.650. The van der Waals surface area contributed by atoms with E-state index < -0.39 is 0 Å². The Kier molecular flexibility index (Phi) is 8.42. The van der Waals surface area contributed by atoms with E-state index in [1.807, 2.05) is 12.1 Å². The van der Waals surface area contributed by atoms with Crippen molar-refractivity contribution in [1.82, 2.24) is 10.3 Å². The van der Waals surface area contributed by atoms with Crippen molar-refractivity contribution in [3.63, 3.8) is 0 Å². The number of hydrogen-bond donors (Lipinski definition) is 1. The molecule has 4 nitrogen and oxygen atoms in total. The monoisotopic (exact) mass is 706 g/mol. The van der Waals surface area contributed by atoms with E-state index in [1.165, 1.54) is 33.4 Å². The van der Waals surface area contributed by atoms with Gasteiger partial charge < -0.3 is 5.32 Å². The Balaban J connectivity index is 1.08. The number of pyridine rings is 1. The summed E-state index contributed by atoms with van der Waals surface area (Å²) in [6, 6.07) is 55.5. The van der Waals surface area contributed by atoms with Crippen molar-refractivity contribution in [2.75, 3.05) is 0 Å². The fourth-order valence-corrected chi connectivity index (χ4v) is 8.11. The van der Waals surface area contributed by atoms with Crippen LogP contribution in [-0.2, 0) is 0 Å². The summed E-state index contributed by atoms with van der Waals surface area (Å²) < 4.78 is 0. The second-order valence-electron chi connectivity index (χ2n) is 14.4. The Hall–Kier alpha value is -6.91. The molecule has 2 atom stereocenters. The van der Waals surface area contributed by atoms with Crippen molar-refractivity contribution in [3.05, 3.63) is 222 Å². The van der Waals surface area contributed by atoms with Crippen molar-refractivity contribution in [2.24, 2.45) is 9.98 Å². The van der Waals surface area contributed by atoms with Gasteiger partial charge >= 0.3 is 0 Å². The Morgan fingerprint density at radius 1 is 0.618 bits per heavy atom. The van der Waals surface area contributed by atoms with Gasteiger partial charge in [-0.3, -0.25) is 0 Å². The zero-order valence-corrected chi connectivity index (χ0v) is 30.3. The highest BCUT2D eigenvalue weighted by Gasteiger charge is 2.28. The summed E-state index contributed by atoms with van der Waals surface area (Å²) in [7, 11) is 0. The first-order valence-electron chi connectivity index (χ1n) is 19.0. The second kappa shape index (κ2) is 14.1. The molecular formula is C51H38N4. The van der Waals surface area contributed by atoms with Crippen molar-refractivity contribution in [3.8, 4) is 22.4 Å². The number of allylic oxidation sites excluding steroid dienone is 7. The number of amidine groups is 2. The summed E-state index contributed by atoms with van der Waals surface area (Å²) >= 11 is 0. The third kappa shape index (κ3) is 6.42. The normalized spacial score (nSPS) is 17.9.